The van der Waals surface area contributed by atoms with Crippen LogP contribution in [0.5, 0.6) is 0 Å². The van der Waals surface area contributed by atoms with Gasteiger partial charge in [-0.3, -0.25) is 14.7 Å². The third-order valence-electron chi connectivity index (χ3n) is 4.42. The Hall–Kier alpha value is -2.59. The van der Waals surface area contributed by atoms with Crippen molar-refractivity contribution in [3.63, 3.8) is 0 Å². The first-order valence-electron chi connectivity index (χ1n) is 8.32. The molecule has 6 nitrogen and oxygen atoms in total. The van der Waals surface area contributed by atoms with Gasteiger partial charge in [0.2, 0.25) is 5.96 Å². The molecule has 1 aliphatic rings. The molecule has 1 saturated heterocycles. The summed E-state index contributed by atoms with van der Waals surface area (Å²) in [5.41, 5.74) is -1.26. The number of nitrogens with zero attached hydrogens (tertiary/aromatic N) is 4. The lowest BCUT2D eigenvalue weighted by atomic mass is 10.0. The Bertz CT molecular complexity index is 989. The van der Waals surface area contributed by atoms with E-state index in [1.165, 1.54) is 41.6 Å². The number of halogens is 4. The number of aromatic nitrogens is 1. The minimum absolute atomic E-state index is 0.0570. The van der Waals surface area contributed by atoms with Gasteiger partial charge < -0.3 is 10.0 Å². The molecule has 0 aliphatic carbocycles. The quantitative estimate of drug-likeness (QED) is 0.568. The molecule has 2 heterocycles. The fourth-order valence-electron chi connectivity index (χ4n) is 3.14. The molecule has 1 aliphatic heterocycles. The number of guanidine groups is 1. The highest BCUT2D eigenvalue weighted by molar-refractivity contribution is 7.15. The molecule has 0 saturated carbocycles. The number of carbonyl (C=O) groups excluding carboxylic acids is 1. The number of aliphatic hydroxyl groups is 1. The lowest BCUT2D eigenvalue weighted by Crippen LogP contribution is -2.38. The number of carbonyl (C=O) groups is 1. The van der Waals surface area contributed by atoms with Gasteiger partial charge in [0.1, 0.15) is 0 Å². The largest absolute Gasteiger partial charge is 0.515 e. The maximum absolute atomic E-state index is 13.3. The summed E-state index contributed by atoms with van der Waals surface area (Å²) in [6.45, 7) is 0.387. The van der Waals surface area contributed by atoms with Crippen molar-refractivity contribution < 1.29 is 23.1 Å². The summed E-state index contributed by atoms with van der Waals surface area (Å²) in [5.74, 6) is -0.373. The maximum Gasteiger partial charge on any atom is 0.416 e. The molecule has 0 radical (unpaired) electrons. The minimum Gasteiger partial charge on any atom is -0.515 e. The van der Waals surface area contributed by atoms with Gasteiger partial charge in [0.25, 0.3) is 5.91 Å². The van der Waals surface area contributed by atoms with Crippen LogP contribution < -0.4 is 0 Å². The van der Waals surface area contributed by atoms with E-state index in [-0.39, 0.29) is 11.1 Å². The zero-order valence-electron chi connectivity index (χ0n) is 15.3. The molecule has 0 spiro atoms. The van der Waals surface area contributed by atoms with Crippen LogP contribution in [0.1, 0.15) is 22.0 Å². The van der Waals surface area contributed by atoms with Gasteiger partial charge in [-0.2, -0.15) is 13.2 Å². The fraction of sp³-hybridized carbons (Fsp3) is 0.278. The first-order chi connectivity index (χ1) is 13.7. The van der Waals surface area contributed by atoms with Gasteiger partial charge in [0, 0.05) is 26.8 Å². The molecule has 0 bridgehead atoms. The number of aliphatic imine (C=N–C) groups is 1. The summed E-state index contributed by atoms with van der Waals surface area (Å²) < 4.78 is 39.5. The van der Waals surface area contributed by atoms with Gasteiger partial charge in [-0.05, 0) is 17.7 Å². The summed E-state index contributed by atoms with van der Waals surface area (Å²) in [5, 5.41) is 9.71. The minimum atomic E-state index is -4.58. The second-order valence-electron chi connectivity index (χ2n) is 6.23. The Morgan fingerprint density at radius 1 is 1.45 bits per heavy atom. The van der Waals surface area contributed by atoms with Crippen LogP contribution in [0.15, 0.2) is 41.7 Å². The molecule has 1 aromatic carbocycles. The SMILES string of the molecule is CN=C1N(C)C[C@H](c2cnc(Cl)s2)N1C(=O)/C(=C/O)c1cccc(C(F)(F)F)c1. The molecule has 1 aromatic heterocycles. The number of benzene rings is 1. The Morgan fingerprint density at radius 2 is 2.17 bits per heavy atom. The van der Waals surface area contributed by atoms with Crippen LogP contribution in [-0.2, 0) is 11.0 Å². The average Bonchev–Trinajstić information content (AvgIpc) is 3.24. The Kier molecular flexibility index (Phi) is 5.85. The van der Waals surface area contributed by atoms with E-state index < -0.39 is 23.7 Å². The lowest BCUT2D eigenvalue weighted by molar-refractivity contribution is -0.137. The van der Waals surface area contributed by atoms with Crippen LogP contribution in [-0.4, -0.2) is 52.4 Å². The predicted molar refractivity (Wildman–Crippen MR) is 105 cm³/mol. The summed E-state index contributed by atoms with van der Waals surface area (Å²) in [6, 6.07) is 3.72. The van der Waals surface area contributed by atoms with Crippen molar-refractivity contribution in [2.45, 2.75) is 12.2 Å². The number of rotatable bonds is 3. The zero-order chi connectivity index (χ0) is 21.3. The summed E-state index contributed by atoms with van der Waals surface area (Å²) >= 11 is 7.11. The van der Waals surface area contributed by atoms with E-state index >= 15 is 0 Å². The standard InChI is InChI=1S/C18H16ClF3N4O2S/c1-23-17-25(2)8-13(14-7-24-16(19)29-14)26(17)15(28)12(9-27)10-4-3-5-11(6-10)18(20,21)22/h3-7,9,13,27H,8H2,1-2H3/b12-9+,23-17?/t13-/m1/s1. The van der Waals surface area contributed by atoms with E-state index in [2.05, 4.69) is 9.98 Å². The third kappa shape index (κ3) is 4.08. The summed E-state index contributed by atoms with van der Waals surface area (Å²) in [6.07, 6.45) is -2.53. The molecule has 154 valence electrons. The lowest BCUT2D eigenvalue weighted by Gasteiger charge is -2.24. The van der Waals surface area contributed by atoms with Crippen molar-refractivity contribution in [1.82, 2.24) is 14.8 Å². The van der Waals surface area contributed by atoms with Gasteiger partial charge in [-0.15, -0.1) is 11.3 Å². The Morgan fingerprint density at radius 3 is 2.72 bits per heavy atom. The fourth-order valence-corrected chi connectivity index (χ4v) is 4.18. The Labute approximate surface area is 173 Å². The van der Waals surface area contributed by atoms with E-state index in [0.717, 1.165) is 12.1 Å². The number of hydrogen-bond donors (Lipinski definition) is 1. The van der Waals surface area contributed by atoms with Crippen molar-refractivity contribution in [1.29, 1.82) is 0 Å². The second kappa shape index (κ2) is 8.03. The van der Waals surface area contributed by atoms with E-state index in [0.29, 0.717) is 28.1 Å². The number of aliphatic hydroxyl groups excluding tert-OH is 1. The highest BCUT2D eigenvalue weighted by atomic mass is 35.5. The molecule has 29 heavy (non-hydrogen) atoms. The van der Waals surface area contributed by atoms with Crippen molar-refractivity contribution in [2.75, 3.05) is 20.6 Å². The number of alkyl halides is 3. The molecule has 11 heteroatoms. The smallest absolute Gasteiger partial charge is 0.416 e. The second-order valence-corrected chi connectivity index (χ2v) is 7.88. The van der Waals surface area contributed by atoms with Crippen LogP contribution in [0.3, 0.4) is 0 Å². The van der Waals surface area contributed by atoms with Crippen molar-refractivity contribution in [3.05, 3.63) is 57.2 Å². The normalized spacial score (nSPS) is 19.3. The molecular formula is C18H16ClF3N4O2S. The number of hydrogen-bond acceptors (Lipinski definition) is 5. The van der Waals surface area contributed by atoms with Gasteiger partial charge in [-0.1, -0.05) is 23.7 Å². The number of likely N-dealkylation sites (N-methyl/N-ethyl adjacent to an activating group) is 1. The predicted octanol–water partition coefficient (Wildman–Crippen LogP) is 4.22. The van der Waals surface area contributed by atoms with Crippen LogP contribution in [0.25, 0.3) is 5.57 Å². The third-order valence-corrected chi connectivity index (χ3v) is 5.63. The zero-order valence-corrected chi connectivity index (χ0v) is 16.9. The molecular weight excluding hydrogens is 429 g/mol. The van der Waals surface area contributed by atoms with E-state index in [1.54, 1.807) is 11.9 Å². The average molecular weight is 445 g/mol. The van der Waals surface area contributed by atoms with Gasteiger partial charge in [-0.25, -0.2) is 4.98 Å². The van der Waals surface area contributed by atoms with Crippen molar-refractivity contribution in [3.8, 4) is 0 Å². The van der Waals surface area contributed by atoms with Crippen LogP contribution in [0, 0.1) is 0 Å². The number of amides is 1. The van der Waals surface area contributed by atoms with Crippen LogP contribution in [0.2, 0.25) is 4.47 Å². The number of thiazole rings is 1. The summed E-state index contributed by atoms with van der Waals surface area (Å²) in [4.78, 5) is 25.2. The maximum atomic E-state index is 13.3. The molecule has 1 amide bonds. The summed E-state index contributed by atoms with van der Waals surface area (Å²) in [7, 11) is 3.23. The van der Waals surface area contributed by atoms with Crippen molar-refractivity contribution in [2.24, 2.45) is 4.99 Å². The van der Waals surface area contributed by atoms with Gasteiger partial charge in [0.15, 0.2) is 4.47 Å². The molecule has 3 rings (SSSR count). The first-order valence-corrected chi connectivity index (χ1v) is 9.51. The van der Waals surface area contributed by atoms with E-state index in [4.69, 9.17) is 11.6 Å². The Balaban J connectivity index is 2.03. The molecule has 1 N–H and O–H groups in total. The highest BCUT2D eigenvalue weighted by Gasteiger charge is 2.41. The monoisotopic (exact) mass is 444 g/mol. The highest BCUT2D eigenvalue weighted by Crippen LogP contribution is 2.37. The molecule has 1 atom stereocenters. The van der Waals surface area contributed by atoms with E-state index in [9.17, 15) is 23.1 Å². The first kappa shape index (κ1) is 21.1. The van der Waals surface area contributed by atoms with Gasteiger partial charge in [0.05, 0.1) is 28.3 Å². The van der Waals surface area contributed by atoms with Crippen LogP contribution >= 0.6 is 22.9 Å². The molecule has 1 fully saturated rings. The van der Waals surface area contributed by atoms with Crippen molar-refractivity contribution >= 4 is 40.4 Å². The van der Waals surface area contributed by atoms with Gasteiger partial charge >= 0.3 is 6.18 Å². The topological polar surface area (TPSA) is 69.0 Å². The van der Waals surface area contributed by atoms with E-state index in [1.807, 2.05) is 0 Å². The molecule has 0 unspecified atom stereocenters. The van der Waals surface area contributed by atoms with Crippen LogP contribution in [0.4, 0.5) is 13.2 Å². The molecule has 2 aromatic rings.